The van der Waals surface area contributed by atoms with Crippen LogP contribution >= 0.6 is 0 Å². The summed E-state index contributed by atoms with van der Waals surface area (Å²) in [7, 11) is 0. The van der Waals surface area contributed by atoms with Gasteiger partial charge in [0.25, 0.3) is 0 Å². The first-order valence-corrected chi connectivity index (χ1v) is 8.21. The SMILES string of the molecule is N#Cc1cccc(C(=C/C(=N)c2ccccc2)/N=C/c2ccccc2)c1. The summed E-state index contributed by atoms with van der Waals surface area (Å²) in [6.07, 6.45) is 3.49. The van der Waals surface area contributed by atoms with Crippen LogP contribution in [0.15, 0.2) is 96.0 Å². The Morgan fingerprint density at radius 3 is 2.19 bits per heavy atom. The zero-order valence-electron chi connectivity index (χ0n) is 14.1. The van der Waals surface area contributed by atoms with Gasteiger partial charge in [0, 0.05) is 11.8 Å². The van der Waals surface area contributed by atoms with Crippen LogP contribution in [0, 0.1) is 16.7 Å². The van der Waals surface area contributed by atoms with Gasteiger partial charge in [-0.25, -0.2) is 0 Å². The molecule has 0 aromatic heterocycles. The van der Waals surface area contributed by atoms with Crippen LogP contribution in [0.5, 0.6) is 0 Å². The van der Waals surface area contributed by atoms with Gasteiger partial charge in [0.15, 0.2) is 0 Å². The number of nitriles is 1. The molecule has 0 aliphatic heterocycles. The smallest absolute Gasteiger partial charge is 0.0991 e. The van der Waals surface area contributed by atoms with Gasteiger partial charge in [-0.15, -0.1) is 0 Å². The standard InChI is InChI=1S/C23H17N3/c24-16-19-10-7-13-21(14-19)23(26-17-18-8-3-1-4-9-18)15-22(25)20-11-5-2-6-12-20/h1-15,17,25H/b23-15-,25-22?,26-17+. The highest BCUT2D eigenvalue weighted by Gasteiger charge is 2.05. The van der Waals surface area contributed by atoms with Crippen molar-refractivity contribution in [1.29, 1.82) is 10.7 Å². The fourth-order valence-electron chi connectivity index (χ4n) is 2.46. The highest BCUT2D eigenvalue weighted by molar-refractivity contribution is 6.10. The first-order valence-electron chi connectivity index (χ1n) is 8.21. The van der Waals surface area contributed by atoms with Crippen molar-refractivity contribution in [3.63, 3.8) is 0 Å². The second-order valence-electron chi connectivity index (χ2n) is 5.67. The van der Waals surface area contributed by atoms with Crippen LogP contribution in [0.1, 0.15) is 22.3 Å². The maximum Gasteiger partial charge on any atom is 0.0991 e. The zero-order valence-corrected chi connectivity index (χ0v) is 14.1. The number of nitrogens with zero attached hydrogens (tertiary/aromatic N) is 2. The molecule has 0 saturated heterocycles. The Kier molecular flexibility index (Phi) is 5.49. The van der Waals surface area contributed by atoms with E-state index in [1.807, 2.05) is 72.8 Å². The van der Waals surface area contributed by atoms with Crippen LogP contribution < -0.4 is 0 Å². The molecule has 3 rings (SSSR count). The molecule has 0 radical (unpaired) electrons. The number of benzene rings is 3. The molecule has 1 N–H and O–H groups in total. The predicted octanol–water partition coefficient (Wildman–Crippen LogP) is 5.09. The van der Waals surface area contributed by atoms with Crippen molar-refractivity contribution in [1.82, 2.24) is 0 Å². The van der Waals surface area contributed by atoms with Gasteiger partial charge in [-0.2, -0.15) is 5.26 Å². The fraction of sp³-hybridized carbons (Fsp3) is 0. The largest absolute Gasteiger partial charge is 0.300 e. The summed E-state index contributed by atoms with van der Waals surface area (Å²) in [5, 5.41) is 17.5. The van der Waals surface area contributed by atoms with Crippen LogP contribution in [-0.2, 0) is 0 Å². The van der Waals surface area contributed by atoms with Gasteiger partial charge < -0.3 is 5.41 Å². The molecule has 0 atom stereocenters. The lowest BCUT2D eigenvalue weighted by Crippen LogP contribution is -1.96. The predicted molar refractivity (Wildman–Crippen MR) is 106 cm³/mol. The van der Waals surface area contributed by atoms with Crippen LogP contribution in [0.25, 0.3) is 5.70 Å². The summed E-state index contributed by atoms with van der Waals surface area (Å²) >= 11 is 0. The van der Waals surface area contributed by atoms with E-state index in [1.54, 1.807) is 24.4 Å². The lowest BCUT2D eigenvalue weighted by molar-refractivity contribution is 1.44. The topological polar surface area (TPSA) is 60.0 Å². The van der Waals surface area contributed by atoms with Gasteiger partial charge in [0.05, 0.1) is 23.0 Å². The molecule has 0 fully saturated rings. The molecular weight excluding hydrogens is 318 g/mol. The van der Waals surface area contributed by atoms with Crippen molar-refractivity contribution in [3.8, 4) is 6.07 Å². The highest BCUT2D eigenvalue weighted by atomic mass is 14.7. The maximum absolute atomic E-state index is 9.16. The van der Waals surface area contributed by atoms with E-state index in [0.717, 1.165) is 16.7 Å². The molecule has 0 amide bonds. The van der Waals surface area contributed by atoms with E-state index in [4.69, 9.17) is 10.7 Å². The van der Waals surface area contributed by atoms with Gasteiger partial charge in [-0.05, 0) is 29.3 Å². The minimum atomic E-state index is 0.369. The monoisotopic (exact) mass is 335 g/mol. The van der Waals surface area contributed by atoms with Crippen LogP contribution in [0.3, 0.4) is 0 Å². The Morgan fingerprint density at radius 2 is 1.50 bits per heavy atom. The Bertz CT molecular complexity index is 994. The minimum absolute atomic E-state index is 0.369. The quantitative estimate of drug-likeness (QED) is 0.649. The van der Waals surface area contributed by atoms with Crippen LogP contribution in [0.4, 0.5) is 0 Å². The second-order valence-corrected chi connectivity index (χ2v) is 5.67. The number of nitrogens with one attached hydrogen (secondary N) is 1. The van der Waals surface area contributed by atoms with Gasteiger partial charge in [0.2, 0.25) is 0 Å². The van der Waals surface area contributed by atoms with Crippen molar-refractivity contribution in [3.05, 3.63) is 113 Å². The molecule has 0 unspecified atom stereocenters. The molecule has 26 heavy (non-hydrogen) atoms. The summed E-state index contributed by atoms with van der Waals surface area (Å²) in [6.45, 7) is 0. The Labute approximate surface area is 153 Å². The molecule has 0 saturated carbocycles. The normalized spacial score (nSPS) is 11.3. The average molecular weight is 335 g/mol. The van der Waals surface area contributed by atoms with Crippen molar-refractivity contribution < 1.29 is 0 Å². The Morgan fingerprint density at radius 1 is 0.846 bits per heavy atom. The van der Waals surface area contributed by atoms with E-state index in [-0.39, 0.29) is 0 Å². The van der Waals surface area contributed by atoms with Crippen LogP contribution in [-0.4, -0.2) is 11.9 Å². The summed E-state index contributed by atoms with van der Waals surface area (Å²) in [5.41, 5.74) is 4.16. The third-order valence-electron chi connectivity index (χ3n) is 3.81. The second kappa shape index (κ2) is 8.36. The Hall–Kier alpha value is -3.77. The number of allylic oxidation sites excluding steroid dienone is 1. The maximum atomic E-state index is 9.16. The van der Waals surface area contributed by atoms with Crippen molar-refractivity contribution in [2.75, 3.05) is 0 Å². The highest BCUT2D eigenvalue weighted by Crippen LogP contribution is 2.19. The van der Waals surface area contributed by atoms with Crippen molar-refractivity contribution in [2.45, 2.75) is 0 Å². The lowest BCUT2D eigenvalue weighted by atomic mass is 10.0. The van der Waals surface area contributed by atoms with E-state index >= 15 is 0 Å². The number of hydrogen-bond donors (Lipinski definition) is 1. The molecule has 124 valence electrons. The number of hydrogen-bond acceptors (Lipinski definition) is 3. The van der Waals surface area contributed by atoms with E-state index in [9.17, 15) is 0 Å². The summed E-state index contributed by atoms with van der Waals surface area (Å²) in [4.78, 5) is 4.59. The lowest BCUT2D eigenvalue weighted by Gasteiger charge is -2.05. The molecular formula is C23H17N3. The third kappa shape index (κ3) is 4.40. The first kappa shape index (κ1) is 17.1. The van der Waals surface area contributed by atoms with Gasteiger partial charge >= 0.3 is 0 Å². The number of aliphatic imine (C=N–C) groups is 1. The molecule has 3 aromatic carbocycles. The van der Waals surface area contributed by atoms with E-state index < -0.39 is 0 Å². The molecule has 3 aromatic rings. The van der Waals surface area contributed by atoms with Crippen molar-refractivity contribution in [2.24, 2.45) is 4.99 Å². The third-order valence-corrected chi connectivity index (χ3v) is 3.81. The zero-order chi connectivity index (χ0) is 18.2. The minimum Gasteiger partial charge on any atom is -0.300 e. The Balaban J connectivity index is 2.01. The van der Waals surface area contributed by atoms with Crippen molar-refractivity contribution >= 4 is 17.6 Å². The molecule has 3 heteroatoms. The van der Waals surface area contributed by atoms with E-state index in [2.05, 4.69) is 11.1 Å². The van der Waals surface area contributed by atoms with E-state index in [1.165, 1.54) is 0 Å². The van der Waals surface area contributed by atoms with Gasteiger partial charge in [-0.3, -0.25) is 4.99 Å². The van der Waals surface area contributed by atoms with Crippen LogP contribution in [0.2, 0.25) is 0 Å². The fourth-order valence-corrected chi connectivity index (χ4v) is 2.46. The van der Waals surface area contributed by atoms with Gasteiger partial charge in [-0.1, -0.05) is 72.8 Å². The average Bonchev–Trinajstić information content (AvgIpc) is 2.72. The molecule has 0 bridgehead atoms. The summed E-state index contributed by atoms with van der Waals surface area (Å²) in [6, 6.07) is 28.7. The molecule has 0 spiro atoms. The molecule has 0 heterocycles. The molecule has 0 aliphatic carbocycles. The van der Waals surface area contributed by atoms with Gasteiger partial charge in [0.1, 0.15) is 0 Å². The van der Waals surface area contributed by atoms with E-state index in [0.29, 0.717) is 17.0 Å². The molecule has 3 nitrogen and oxygen atoms in total. The summed E-state index contributed by atoms with van der Waals surface area (Å²) < 4.78 is 0. The number of rotatable bonds is 5. The summed E-state index contributed by atoms with van der Waals surface area (Å²) in [5.74, 6) is 0. The molecule has 0 aliphatic rings. The first-order chi connectivity index (χ1) is 12.8.